The Kier molecular flexibility index (Phi) is 16.9. The monoisotopic (exact) mass is 960 g/mol. The molecule has 0 aliphatic carbocycles. The largest absolute Gasteiger partial charge is 0.379 e. The minimum Gasteiger partial charge on any atom is -0.379 e. The van der Waals surface area contributed by atoms with Crippen molar-refractivity contribution in [2.75, 3.05) is 96.0 Å². The van der Waals surface area contributed by atoms with E-state index >= 15 is 0 Å². The van der Waals surface area contributed by atoms with Crippen molar-refractivity contribution >= 4 is 63.5 Å². The van der Waals surface area contributed by atoms with Gasteiger partial charge in [0.25, 0.3) is 23.6 Å². The summed E-state index contributed by atoms with van der Waals surface area (Å²) in [5, 5.41) is 16.3. The molecule has 2 fully saturated rings. The standard InChI is InChI=1S/C48H54F2N6O13/c1-54(38-5-2-4-35-42(38)45(61)56(44(35)60)39-9-10-41(58)53-43(39)59)13-15-66-17-19-68-21-23-69-22-20-67-18-16-65-14-3-6-40(57)37-27-31-26-34(7-8-36(31)52-37)55-12-11-48(64,47(55)63)46(62)51-29-30-24-32(49)28-33(50)25-30/h2,4-5,7-8,24-28,39,52,64H,3,6,9-23,29H2,1H3,(H,51,62)(H,53,58,59). The van der Waals surface area contributed by atoms with Crippen LogP contribution >= 0.6 is 0 Å². The predicted molar refractivity (Wildman–Crippen MR) is 242 cm³/mol. The molecule has 4 aromatic rings. The number of fused-ring (bicyclic) bond motifs is 2. The van der Waals surface area contributed by atoms with E-state index < -0.39 is 58.7 Å². The van der Waals surface area contributed by atoms with Crippen LogP contribution in [0.15, 0.2) is 60.7 Å². The van der Waals surface area contributed by atoms with Gasteiger partial charge >= 0.3 is 0 Å². The van der Waals surface area contributed by atoms with Crippen LogP contribution in [0.25, 0.3) is 10.9 Å². The number of hydrogen-bond acceptors (Lipinski definition) is 14. The molecule has 0 spiro atoms. The Bertz CT molecular complexity index is 2550. The van der Waals surface area contributed by atoms with E-state index in [2.05, 4.69) is 15.6 Å². The molecule has 4 N–H and O–H groups in total. The zero-order valence-corrected chi connectivity index (χ0v) is 38.0. The molecule has 3 aromatic carbocycles. The molecule has 7 rings (SSSR count). The summed E-state index contributed by atoms with van der Waals surface area (Å²) in [6.07, 6.45) is 0.651. The van der Waals surface area contributed by atoms with Gasteiger partial charge in [-0.2, -0.15) is 0 Å². The molecule has 0 radical (unpaired) electrons. The third kappa shape index (κ3) is 12.2. The topological polar surface area (TPSA) is 235 Å². The summed E-state index contributed by atoms with van der Waals surface area (Å²) in [6, 6.07) is 13.4. The number of anilines is 2. The van der Waals surface area contributed by atoms with Gasteiger partial charge < -0.3 is 48.9 Å². The van der Waals surface area contributed by atoms with Crippen molar-refractivity contribution in [3.63, 3.8) is 0 Å². The zero-order chi connectivity index (χ0) is 49.1. The Hall–Kier alpha value is -6.49. The number of H-pyrrole nitrogens is 1. The fraction of sp³-hybridized carbons (Fsp3) is 0.438. The SMILES string of the molecule is CN(CCOCCOCCOCCOCCOCCCC(=O)c1cc2cc(N3CCC(O)(C(=O)NCc4cc(F)cc(F)c4)C3=O)ccc2[nH]1)c1cccc2c1C(=O)N(C1CCC(=O)NC1=O)C2=O. The third-order valence-electron chi connectivity index (χ3n) is 11.9. The van der Waals surface area contributed by atoms with E-state index in [-0.39, 0.29) is 61.2 Å². The van der Waals surface area contributed by atoms with Crippen LogP contribution in [0.3, 0.4) is 0 Å². The number of Topliss-reactive ketones (excluding diaryl/α,β-unsaturated/α-hetero) is 1. The molecule has 4 heterocycles. The Morgan fingerprint density at radius 1 is 0.826 bits per heavy atom. The summed E-state index contributed by atoms with van der Waals surface area (Å²) in [6.45, 7) is 3.70. The molecule has 368 valence electrons. The lowest BCUT2D eigenvalue weighted by molar-refractivity contribution is -0.149. The molecule has 69 heavy (non-hydrogen) atoms. The van der Waals surface area contributed by atoms with E-state index in [4.69, 9.17) is 23.7 Å². The molecule has 19 nitrogen and oxygen atoms in total. The number of aliphatic hydroxyl groups is 1. The summed E-state index contributed by atoms with van der Waals surface area (Å²) < 4.78 is 55.0. The molecule has 2 unspecified atom stereocenters. The Morgan fingerprint density at radius 2 is 1.48 bits per heavy atom. The van der Waals surface area contributed by atoms with Crippen LogP contribution in [0.2, 0.25) is 0 Å². The summed E-state index contributed by atoms with van der Waals surface area (Å²) in [7, 11) is 1.78. The van der Waals surface area contributed by atoms with Crippen LogP contribution in [0, 0.1) is 11.6 Å². The van der Waals surface area contributed by atoms with E-state index in [1.165, 1.54) is 4.90 Å². The van der Waals surface area contributed by atoms with Gasteiger partial charge in [0.15, 0.2) is 5.78 Å². The lowest BCUT2D eigenvalue weighted by Crippen LogP contribution is -2.54. The number of piperidine rings is 1. The average Bonchev–Trinajstić information content (AvgIpc) is 3.97. The molecule has 1 aromatic heterocycles. The summed E-state index contributed by atoms with van der Waals surface area (Å²) in [4.78, 5) is 96.7. The normalized spacial score (nSPS) is 18.1. The molecule has 0 saturated carbocycles. The fourth-order valence-electron chi connectivity index (χ4n) is 8.23. The highest BCUT2D eigenvalue weighted by Gasteiger charge is 2.52. The number of aromatic amines is 1. The Labute approximate surface area is 395 Å². The number of hydrogen-bond donors (Lipinski definition) is 4. The quantitative estimate of drug-likeness (QED) is 0.0307. The van der Waals surface area contributed by atoms with E-state index in [9.17, 15) is 47.4 Å². The van der Waals surface area contributed by atoms with Gasteiger partial charge in [0.05, 0.1) is 82.0 Å². The molecular weight excluding hydrogens is 907 g/mol. The lowest BCUT2D eigenvalue weighted by Gasteiger charge is -2.28. The first-order chi connectivity index (χ1) is 33.2. The second kappa shape index (κ2) is 23.2. The number of amides is 6. The number of benzene rings is 3. The number of rotatable bonds is 26. The molecule has 3 aliphatic heterocycles. The summed E-state index contributed by atoms with van der Waals surface area (Å²) in [5.41, 5.74) is 0.220. The molecule has 2 atom stereocenters. The average molecular weight is 961 g/mol. The minimum absolute atomic E-state index is 0.0460. The maximum absolute atomic E-state index is 13.5. The molecule has 21 heteroatoms. The smallest absolute Gasteiger partial charge is 0.268 e. The number of carbonyl (C=O) groups is 7. The predicted octanol–water partition coefficient (Wildman–Crippen LogP) is 2.81. The first-order valence-electron chi connectivity index (χ1n) is 22.6. The van der Waals surface area contributed by atoms with E-state index in [1.807, 2.05) is 4.90 Å². The van der Waals surface area contributed by atoms with Gasteiger partial charge in [0, 0.05) is 75.2 Å². The van der Waals surface area contributed by atoms with Gasteiger partial charge in [0.1, 0.15) is 17.7 Å². The number of halogens is 2. The van der Waals surface area contributed by atoms with Crippen molar-refractivity contribution in [3.05, 3.63) is 94.7 Å². The molecule has 2 saturated heterocycles. The van der Waals surface area contributed by atoms with Gasteiger partial charge in [-0.25, -0.2) is 8.78 Å². The second-order valence-corrected chi connectivity index (χ2v) is 16.6. The van der Waals surface area contributed by atoms with Crippen LogP contribution in [0.4, 0.5) is 20.2 Å². The van der Waals surface area contributed by atoms with E-state index in [0.29, 0.717) is 113 Å². The first kappa shape index (κ1) is 50.4. The highest BCUT2D eigenvalue weighted by Crippen LogP contribution is 2.34. The van der Waals surface area contributed by atoms with E-state index in [0.717, 1.165) is 17.0 Å². The number of aromatic nitrogens is 1. The number of likely N-dealkylation sites (N-methyl/N-ethyl adjacent to an activating group) is 1. The van der Waals surface area contributed by atoms with Crippen LogP contribution in [0.1, 0.15) is 68.9 Å². The van der Waals surface area contributed by atoms with Crippen LogP contribution in [-0.4, -0.2) is 154 Å². The first-order valence-corrected chi connectivity index (χ1v) is 22.6. The van der Waals surface area contributed by atoms with Crippen molar-refractivity contribution in [2.45, 2.75) is 50.3 Å². The number of carbonyl (C=O) groups excluding carboxylic acids is 7. The summed E-state index contributed by atoms with van der Waals surface area (Å²) >= 11 is 0. The fourth-order valence-corrected chi connectivity index (χ4v) is 8.23. The van der Waals surface area contributed by atoms with E-state index in [1.54, 1.807) is 49.5 Å². The lowest BCUT2D eigenvalue weighted by atomic mass is 10.0. The van der Waals surface area contributed by atoms with Gasteiger partial charge in [-0.1, -0.05) is 6.07 Å². The number of ether oxygens (including phenoxy) is 5. The number of imide groups is 2. The Balaban J connectivity index is 0.690. The van der Waals surface area contributed by atoms with Crippen molar-refractivity contribution in [3.8, 4) is 0 Å². The van der Waals surface area contributed by atoms with Crippen molar-refractivity contribution in [2.24, 2.45) is 0 Å². The van der Waals surface area contributed by atoms with Crippen molar-refractivity contribution in [1.29, 1.82) is 0 Å². The summed E-state index contributed by atoms with van der Waals surface area (Å²) in [5.74, 6) is -5.79. The van der Waals surface area contributed by atoms with Gasteiger partial charge in [-0.05, 0) is 66.9 Å². The van der Waals surface area contributed by atoms with Crippen LogP contribution in [-0.2, 0) is 49.4 Å². The maximum Gasteiger partial charge on any atom is 0.268 e. The number of nitrogens with one attached hydrogen (secondary N) is 3. The van der Waals surface area contributed by atoms with Crippen LogP contribution < -0.4 is 20.4 Å². The molecular formula is C48H54F2N6O13. The highest BCUT2D eigenvalue weighted by molar-refractivity contribution is 6.25. The molecule has 3 aliphatic rings. The highest BCUT2D eigenvalue weighted by atomic mass is 19.1. The number of ketones is 1. The number of nitrogens with zero attached hydrogens (tertiary/aromatic N) is 3. The third-order valence-corrected chi connectivity index (χ3v) is 11.9. The Morgan fingerprint density at radius 3 is 2.14 bits per heavy atom. The maximum atomic E-state index is 13.5. The van der Waals surface area contributed by atoms with Crippen LogP contribution in [0.5, 0.6) is 0 Å². The van der Waals surface area contributed by atoms with Gasteiger partial charge in [-0.15, -0.1) is 0 Å². The minimum atomic E-state index is -2.36. The van der Waals surface area contributed by atoms with Crippen molar-refractivity contribution in [1.82, 2.24) is 20.5 Å². The zero-order valence-electron chi connectivity index (χ0n) is 38.0. The molecule has 0 bridgehead atoms. The second-order valence-electron chi connectivity index (χ2n) is 16.6. The van der Waals surface area contributed by atoms with Crippen molar-refractivity contribution < 1.29 is 71.1 Å². The molecule has 6 amide bonds. The van der Waals surface area contributed by atoms with Gasteiger partial charge in [0.2, 0.25) is 17.4 Å². The van der Waals surface area contributed by atoms with Gasteiger partial charge in [-0.3, -0.25) is 43.8 Å².